The van der Waals surface area contributed by atoms with Crippen molar-refractivity contribution in [3.05, 3.63) is 62.9 Å². The Kier molecular flexibility index (Phi) is 4.86. The summed E-state index contributed by atoms with van der Waals surface area (Å²) in [6.45, 7) is 0.362. The molecule has 0 N–H and O–H groups in total. The summed E-state index contributed by atoms with van der Waals surface area (Å²) in [5.74, 6) is -0.162. The molecular weight excluding hydrogens is 319 g/mol. The fourth-order valence-corrected chi connectivity index (χ4v) is 2.21. The molecule has 2 rings (SSSR count). The fraction of sp³-hybridized carbons (Fsp3) is 0.143. The predicted octanol–water partition coefficient (Wildman–Crippen LogP) is 4.31. The summed E-state index contributed by atoms with van der Waals surface area (Å²) >= 11 is 17.8. The lowest BCUT2D eigenvalue weighted by Crippen LogP contribution is -2.26. The van der Waals surface area contributed by atoms with Crippen molar-refractivity contribution in [3.8, 4) is 0 Å². The summed E-state index contributed by atoms with van der Waals surface area (Å²) in [6.07, 6.45) is 1.45. The van der Waals surface area contributed by atoms with E-state index in [-0.39, 0.29) is 5.91 Å². The van der Waals surface area contributed by atoms with Crippen LogP contribution in [-0.4, -0.2) is 22.8 Å². The summed E-state index contributed by atoms with van der Waals surface area (Å²) in [7, 11) is 1.69. The van der Waals surface area contributed by atoms with E-state index in [1.54, 1.807) is 36.2 Å². The van der Waals surface area contributed by atoms with Crippen molar-refractivity contribution in [2.75, 3.05) is 7.05 Å². The molecule has 0 aliphatic rings. The van der Waals surface area contributed by atoms with Crippen LogP contribution in [0.2, 0.25) is 15.2 Å². The Morgan fingerprint density at radius 3 is 2.60 bits per heavy atom. The molecule has 1 aromatic carbocycles. The maximum absolute atomic E-state index is 12.2. The van der Waals surface area contributed by atoms with Crippen LogP contribution in [0.4, 0.5) is 0 Å². The highest BCUT2D eigenvalue weighted by molar-refractivity contribution is 6.42. The van der Waals surface area contributed by atoms with E-state index in [2.05, 4.69) is 4.98 Å². The molecule has 1 aromatic heterocycles. The summed E-state index contributed by atoms with van der Waals surface area (Å²) < 4.78 is 0. The Hall–Kier alpha value is -1.29. The molecule has 3 nitrogen and oxygen atoms in total. The van der Waals surface area contributed by atoms with Gasteiger partial charge in [0.2, 0.25) is 0 Å². The SMILES string of the molecule is CN(Cc1cccc(Cl)c1Cl)C(=O)c1ccc(Cl)nc1. The number of benzene rings is 1. The molecule has 1 amide bonds. The maximum Gasteiger partial charge on any atom is 0.255 e. The minimum absolute atomic E-state index is 0.162. The number of halogens is 3. The Balaban J connectivity index is 2.15. The molecule has 0 fully saturated rings. The molecule has 0 atom stereocenters. The fourth-order valence-electron chi connectivity index (χ4n) is 1.72. The smallest absolute Gasteiger partial charge is 0.255 e. The molecule has 0 aliphatic heterocycles. The number of rotatable bonds is 3. The first-order chi connectivity index (χ1) is 9.49. The first kappa shape index (κ1) is 15.1. The second-order valence-electron chi connectivity index (χ2n) is 4.24. The van der Waals surface area contributed by atoms with Crippen molar-refractivity contribution in [1.29, 1.82) is 0 Å². The third-order valence-corrected chi connectivity index (χ3v) is 3.84. The normalized spacial score (nSPS) is 10.4. The molecule has 0 saturated heterocycles. The number of aromatic nitrogens is 1. The van der Waals surface area contributed by atoms with Gasteiger partial charge < -0.3 is 4.90 Å². The van der Waals surface area contributed by atoms with Crippen molar-refractivity contribution in [2.45, 2.75) is 6.54 Å². The molecule has 104 valence electrons. The van der Waals surface area contributed by atoms with Gasteiger partial charge in [-0.15, -0.1) is 0 Å². The monoisotopic (exact) mass is 328 g/mol. The predicted molar refractivity (Wildman–Crippen MR) is 81.5 cm³/mol. The molecule has 0 aliphatic carbocycles. The highest BCUT2D eigenvalue weighted by Gasteiger charge is 2.14. The molecule has 0 unspecified atom stereocenters. The van der Waals surface area contributed by atoms with Gasteiger partial charge in [0.25, 0.3) is 5.91 Å². The van der Waals surface area contributed by atoms with E-state index in [1.165, 1.54) is 6.20 Å². The zero-order chi connectivity index (χ0) is 14.7. The van der Waals surface area contributed by atoms with Crippen molar-refractivity contribution in [3.63, 3.8) is 0 Å². The molecule has 0 bridgehead atoms. The Bertz CT molecular complexity index is 629. The molecule has 0 radical (unpaired) electrons. The van der Waals surface area contributed by atoms with Gasteiger partial charge in [-0.3, -0.25) is 4.79 Å². The lowest BCUT2D eigenvalue weighted by Gasteiger charge is -2.18. The average molecular weight is 330 g/mol. The van der Waals surface area contributed by atoms with Crippen LogP contribution in [0.5, 0.6) is 0 Å². The largest absolute Gasteiger partial charge is 0.337 e. The van der Waals surface area contributed by atoms with E-state index in [9.17, 15) is 4.79 Å². The average Bonchev–Trinajstić information content (AvgIpc) is 2.44. The van der Waals surface area contributed by atoms with Crippen LogP contribution in [0.25, 0.3) is 0 Å². The first-order valence-electron chi connectivity index (χ1n) is 5.79. The van der Waals surface area contributed by atoms with Gasteiger partial charge in [0.05, 0.1) is 15.6 Å². The van der Waals surface area contributed by atoms with E-state index in [1.807, 2.05) is 6.07 Å². The Morgan fingerprint density at radius 2 is 1.95 bits per heavy atom. The van der Waals surface area contributed by atoms with Gasteiger partial charge in [0.1, 0.15) is 5.15 Å². The maximum atomic E-state index is 12.2. The number of amides is 1. The number of hydrogen-bond donors (Lipinski definition) is 0. The van der Waals surface area contributed by atoms with Crippen LogP contribution in [0.15, 0.2) is 36.5 Å². The van der Waals surface area contributed by atoms with E-state index in [0.717, 1.165) is 5.56 Å². The van der Waals surface area contributed by atoms with Crippen molar-refractivity contribution in [2.24, 2.45) is 0 Å². The van der Waals surface area contributed by atoms with E-state index >= 15 is 0 Å². The van der Waals surface area contributed by atoms with Crippen molar-refractivity contribution in [1.82, 2.24) is 9.88 Å². The van der Waals surface area contributed by atoms with Gasteiger partial charge in [-0.1, -0.05) is 46.9 Å². The molecule has 20 heavy (non-hydrogen) atoms. The van der Waals surface area contributed by atoms with Crippen LogP contribution in [-0.2, 0) is 6.54 Å². The molecule has 0 saturated carbocycles. The highest BCUT2D eigenvalue weighted by Crippen LogP contribution is 2.26. The van der Waals surface area contributed by atoms with Crippen LogP contribution < -0.4 is 0 Å². The zero-order valence-corrected chi connectivity index (χ0v) is 12.9. The van der Waals surface area contributed by atoms with Gasteiger partial charge in [-0.2, -0.15) is 0 Å². The molecule has 0 spiro atoms. The molecule has 6 heteroatoms. The van der Waals surface area contributed by atoms with E-state index in [4.69, 9.17) is 34.8 Å². The molecular formula is C14H11Cl3N2O. The van der Waals surface area contributed by atoms with Gasteiger partial charge in [0, 0.05) is 19.8 Å². The number of carbonyl (C=O) groups is 1. The van der Waals surface area contributed by atoms with Gasteiger partial charge in [0.15, 0.2) is 0 Å². The zero-order valence-electron chi connectivity index (χ0n) is 10.6. The van der Waals surface area contributed by atoms with Crippen molar-refractivity contribution < 1.29 is 4.79 Å². The lowest BCUT2D eigenvalue weighted by molar-refractivity contribution is 0.0785. The third kappa shape index (κ3) is 3.42. The summed E-state index contributed by atoms with van der Waals surface area (Å²) in [5.41, 5.74) is 1.26. The lowest BCUT2D eigenvalue weighted by atomic mass is 10.2. The standard InChI is InChI=1S/C14H11Cl3N2O/c1-19(8-10-3-2-4-11(15)13(10)17)14(20)9-5-6-12(16)18-7-9/h2-7H,8H2,1H3. The third-order valence-electron chi connectivity index (χ3n) is 2.76. The van der Waals surface area contributed by atoms with Gasteiger partial charge >= 0.3 is 0 Å². The minimum Gasteiger partial charge on any atom is -0.337 e. The van der Waals surface area contributed by atoms with Crippen LogP contribution in [0.1, 0.15) is 15.9 Å². The minimum atomic E-state index is -0.162. The Morgan fingerprint density at radius 1 is 1.20 bits per heavy atom. The summed E-state index contributed by atoms with van der Waals surface area (Å²) in [6, 6.07) is 8.55. The number of nitrogens with zero attached hydrogens (tertiary/aromatic N) is 2. The van der Waals surface area contributed by atoms with E-state index in [0.29, 0.717) is 27.3 Å². The first-order valence-corrected chi connectivity index (χ1v) is 6.92. The summed E-state index contributed by atoms with van der Waals surface area (Å²) in [4.78, 5) is 17.7. The molecule has 1 heterocycles. The number of hydrogen-bond acceptors (Lipinski definition) is 2. The van der Waals surface area contributed by atoms with Gasteiger partial charge in [-0.05, 0) is 23.8 Å². The second-order valence-corrected chi connectivity index (χ2v) is 5.42. The Labute approximate surface area is 132 Å². The van der Waals surface area contributed by atoms with E-state index < -0.39 is 0 Å². The highest BCUT2D eigenvalue weighted by atomic mass is 35.5. The topological polar surface area (TPSA) is 33.2 Å². The van der Waals surface area contributed by atoms with Crippen LogP contribution in [0.3, 0.4) is 0 Å². The number of pyridine rings is 1. The quantitative estimate of drug-likeness (QED) is 0.786. The van der Waals surface area contributed by atoms with Crippen molar-refractivity contribution >= 4 is 40.7 Å². The number of carbonyl (C=O) groups excluding carboxylic acids is 1. The van der Waals surface area contributed by atoms with Crippen LogP contribution in [0, 0.1) is 0 Å². The second kappa shape index (κ2) is 6.44. The van der Waals surface area contributed by atoms with Crippen LogP contribution >= 0.6 is 34.8 Å². The van der Waals surface area contributed by atoms with Gasteiger partial charge in [-0.25, -0.2) is 4.98 Å². The molecule has 2 aromatic rings. The summed E-state index contributed by atoms with van der Waals surface area (Å²) in [5, 5.41) is 1.28.